The number of barbiturate groups is 1. The van der Waals surface area contributed by atoms with Crippen LogP contribution in [0.4, 0.5) is 10.5 Å². The summed E-state index contributed by atoms with van der Waals surface area (Å²) in [5.74, 6) is -1.34. The Kier molecular flexibility index (Phi) is 6.29. The maximum atomic E-state index is 13.6. The third-order valence-electron chi connectivity index (χ3n) is 6.61. The Morgan fingerprint density at radius 3 is 2.39 bits per heavy atom. The molecule has 4 aromatic carbocycles. The van der Waals surface area contributed by atoms with E-state index in [2.05, 4.69) is 21.2 Å². The molecule has 5 rings (SSSR count). The van der Waals surface area contributed by atoms with Gasteiger partial charge in [-0.25, -0.2) is 9.69 Å². The second-order valence-corrected chi connectivity index (χ2v) is 9.66. The molecule has 0 unspecified atom stereocenters. The molecular weight excluding hydrogens is 516 g/mol. The van der Waals surface area contributed by atoms with Gasteiger partial charge in [-0.3, -0.25) is 14.9 Å². The molecule has 0 bridgehead atoms. The zero-order chi connectivity index (χ0) is 25.4. The molecule has 1 aliphatic heterocycles. The second kappa shape index (κ2) is 9.55. The number of carbonyl (C=O) groups is 3. The molecule has 4 aromatic rings. The number of hydrogen-bond acceptors (Lipinski definition) is 3. The van der Waals surface area contributed by atoms with E-state index in [1.54, 1.807) is 18.2 Å². The first-order valence-electron chi connectivity index (χ1n) is 11.6. The lowest BCUT2D eigenvalue weighted by atomic mass is 9.92. The van der Waals surface area contributed by atoms with Crippen LogP contribution in [0.1, 0.15) is 27.8 Å². The van der Waals surface area contributed by atoms with Crippen molar-refractivity contribution in [1.29, 1.82) is 0 Å². The van der Waals surface area contributed by atoms with Crippen LogP contribution >= 0.6 is 15.9 Å². The lowest BCUT2D eigenvalue weighted by Crippen LogP contribution is -2.54. The van der Waals surface area contributed by atoms with Crippen molar-refractivity contribution in [2.75, 3.05) is 4.90 Å². The molecule has 1 fully saturated rings. The number of hydrogen-bond donors (Lipinski definition) is 1. The van der Waals surface area contributed by atoms with Crippen molar-refractivity contribution < 1.29 is 14.4 Å². The standard InChI is InChI=1S/C30H23BrN2O3/c1-18-8-7-13-27(19(18)2)33-29(35)25(28(34)32-30(33)36)17-24-21(16-22-10-4-6-12-26(22)31)15-14-20-9-3-5-11-23(20)24/h3-15,17H,16H2,1-2H3,(H,32,34,36)/b25-17+. The summed E-state index contributed by atoms with van der Waals surface area (Å²) in [6.07, 6.45) is 2.22. The quantitative estimate of drug-likeness (QED) is 0.239. The number of anilines is 1. The fourth-order valence-corrected chi connectivity index (χ4v) is 4.94. The lowest BCUT2D eigenvalue weighted by molar-refractivity contribution is -0.122. The minimum Gasteiger partial charge on any atom is -0.273 e. The molecule has 0 radical (unpaired) electrons. The number of fused-ring (bicyclic) bond motifs is 1. The van der Waals surface area contributed by atoms with Crippen LogP contribution in [-0.2, 0) is 16.0 Å². The number of amides is 4. The normalized spacial score (nSPS) is 15.0. The number of nitrogens with one attached hydrogen (secondary N) is 1. The molecule has 6 heteroatoms. The highest BCUT2D eigenvalue weighted by atomic mass is 79.9. The Labute approximate surface area is 217 Å². The highest BCUT2D eigenvalue weighted by molar-refractivity contribution is 9.10. The molecule has 1 N–H and O–H groups in total. The van der Waals surface area contributed by atoms with Gasteiger partial charge in [0.25, 0.3) is 11.8 Å². The molecule has 1 saturated heterocycles. The molecule has 178 valence electrons. The summed E-state index contributed by atoms with van der Waals surface area (Å²) in [6.45, 7) is 3.77. The van der Waals surface area contributed by atoms with Crippen LogP contribution in [0.2, 0.25) is 0 Å². The molecule has 0 aromatic heterocycles. The molecular formula is C30H23BrN2O3. The Morgan fingerprint density at radius 2 is 1.58 bits per heavy atom. The van der Waals surface area contributed by atoms with Gasteiger partial charge in [-0.1, -0.05) is 82.7 Å². The van der Waals surface area contributed by atoms with Gasteiger partial charge in [0.1, 0.15) is 5.57 Å². The molecule has 1 heterocycles. The van der Waals surface area contributed by atoms with E-state index in [1.807, 2.05) is 80.6 Å². The van der Waals surface area contributed by atoms with Crippen LogP contribution < -0.4 is 10.2 Å². The number of carbonyl (C=O) groups excluding carboxylic acids is 3. The number of halogens is 1. The van der Waals surface area contributed by atoms with Gasteiger partial charge in [0.15, 0.2) is 0 Å². The Bertz CT molecular complexity index is 1590. The average Bonchev–Trinajstić information content (AvgIpc) is 2.86. The first-order chi connectivity index (χ1) is 17.3. The number of imide groups is 2. The van der Waals surface area contributed by atoms with E-state index in [0.717, 1.165) is 48.0 Å². The summed E-state index contributed by atoms with van der Waals surface area (Å²) in [5.41, 5.74) is 4.94. The number of aryl methyl sites for hydroxylation is 1. The van der Waals surface area contributed by atoms with Crippen LogP contribution in [0, 0.1) is 13.8 Å². The monoisotopic (exact) mass is 538 g/mol. The second-order valence-electron chi connectivity index (χ2n) is 8.80. The van der Waals surface area contributed by atoms with Gasteiger partial charge >= 0.3 is 6.03 Å². The van der Waals surface area contributed by atoms with Crippen molar-refractivity contribution in [3.63, 3.8) is 0 Å². The van der Waals surface area contributed by atoms with Gasteiger partial charge in [-0.2, -0.15) is 0 Å². The number of rotatable bonds is 4. The lowest BCUT2D eigenvalue weighted by Gasteiger charge is -2.28. The van der Waals surface area contributed by atoms with Crippen molar-refractivity contribution >= 4 is 56.3 Å². The predicted molar refractivity (Wildman–Crippen MR) is 146 cm³/mol. The fourth-order valence-electron chi connectivity index (χ4n) is 4.51. The van der Waals surface area contributed by atoms with Crippen molar-refractivity contribution in [3.05, 3.63) is 117 Å². The van der Waals surface area contributed by atoms with Gasteiger partial charge in [0.05, 0.1) is 5.69 Å². The van der Waals surface area contributed by atoms with Gasteiger partial charge in [-0.05, 0) is 77.1 Å². The molecule has 0 aliphatic carbocycles. The van der Waals surface area contributed by atoms with E-state index in [4.69, 9.17) is 0 Å². The molecule has 36 heavy (non-hydrogen) atoms. The summed E-state index contributed by atoms with van der Waals surface area (Å²) in [7, 11) is 0. The zero-order valence-corrected chi connectivity index (χ0v) is 21.4. The average molecular weight is 539 g/mol. The van der Waals surface area contributed by atoms with Crippen LogP contribution in [0.3, 0.4) is 0 Å². The molecule has 0 spiro atoms. The van der Waals surface area contributed by atoms with E-state index in [-0.39, 0.29) is 5.57 Å². The fraction of sp³-hybridized carbons (Fsp3) is 0.100. The summed E-state index contributed by atoms with van der Waals surface area (Å²) in [5, 5.41) is 4.27. The number of urea groups is 1. The number of benzene rings is 4. The van der Waals surface area contributed by atoms with Crippen LogP contribution in [0.15, 0.2) is 88.9 Å². The molecule has 0 atom stereocenters. The summed E-state index contributed by atoms with van der Waals surface area (Å²) < 4.78 is 0.981. The third-order valence-corrected chi connectivity index (χ3v) is 7.38. The summed E-state index contributed by atoms with van der Waals surface area (Å²) in [4.78, 5) is 40.4. The van der Waals surface area contributed by atoms with Crippen LogP contribution in [0.5, 0.6) is 0 Å². The van der Waals surface area contributed by atoms with Gasteiger partial charge in [0.2, 0.25) is 0 Å². The Hall–Kier alpha value is -4.03. The summed E-state index contributed by atoms with van der Waals surface area (Å²) in [6, 6.07) is 24.5. The Balaban J connectivity index is 1.67. The zero-order valence-electron chi connectivity index (χ0n) is 19.8. The van der Waals surface area contributed by atoms with Crippen molar-refractivity contribution in [2.45, 2.75) is 20.3 Å². The smallest absolute Gasteiger partial charge is 0.273 e. The largest absolute Gasteiger partial charge is 0.335 e. The van der Waals surface area contributed by atoms with Crippen molar-refractivity contribution in [1.82, 2.24) is 5.32 Å². The minimum absolute atomic E-state index is 0.0831. The maximum Gasteiger partial charge on any atom is 0.335 e. The highest BCUT2D eigenvalue weighted by Crippen LogP contribution is 2.31. The minimum atomic E-state index is -0.748. The van der Waals surface area contributed by atoms with Crippen LogP contribution in [0.25, 0.3) is 16.8 Å². The third kappa shape index (κ3) is 4.25. The molecule has 4 amide bonds. The van der Waals surface area contributed by atoms with Gasteiger partial charge in [0, 0.05) is 4.47 Å². The highest BCUT2D eigenvalue weighted by Gasteiger charge is 2.37. The molecule has 5 nitrogen and oxygen atoms in total. The van der Waals surface area contributed by atoms with E-state index >= 15 is 0 Å². The molecule has 1 aliphatic rings. The van der Waals surface area contributed by atoms with E-state index < -0.39 is 17.8 Å². The predicted octanol–water partition coefficient (Wildman–Crippen LogP) is 6.48. The van der Waals surface area contributed by atoms with Gasteiger partial charge in [-0.15, -0.1) is 0 Å². The topological polar surface area (TPSA) is 66.5 Å². The maximum absolute atomic E-state index is 13.6. The van der Waals surface area contributed by atoms with E-state index in [1.165, 1.54) is 0 Å². The van der Waals surface area contributed by atoms with E-state index in [0.29, 0.717) is 12.1 Å². The van der Waals surface area contributed by atoms with Crippen molar-refractivity contribution in [2.24, 2.45) is 0 Å². The van der Waals surface area contributed by atoms with Crippen molar-refractivity contribution in [3.8, 4) is 0 Å². The molecule has 0 saturated carbocycles. The number of nitrogens with zero attached hydrogens (tertiary/aromatic N) is 1. The van der Waals surface area contributed by atoms with Gasteiger partial charge < -0.3 is 0 Å². The van der Waals surface area contributed by atoms with Crippen LogP contribution in [-0.4, -0.2) is 17.8 Å². The van der Waals surface area contributed by atoms with E-state index in [9.17, 15) is 14.4 Å². The first kappa shape index (κ1) is 23.7. The first-order valence-corrected chi connectivity index (χ1v) is 12.4. The Morgan fingerprint density at radius 1 is 0.833 bits per heavy atom. The SMILES string of the molecule is Cc1cccc(N2C(=O)NC(=O)/C(=C\c3c(Cc4ccccc4Br)ccc4ccccc34)C2=O)c1C. The summed E-state index contributed by atoms with van der Waals surface area (Å²) >= 11 is 3.62.